The second-order valence-corrected chi connectivity index (χ2v) is 5.15. The summed E-state index contributed by atoms with van der Waals surface area (Å²) in [6, 6.07) is 6.00. The highest BCUT2D eigenvalue weighted by atomic mass is 19.1. The molecule has 4 nitrogen and oxygen atoms in total. The van der Waals surface area contributed by atoms with E-state index in [0.717, 1.165) is 19.4 Å². The van der Waals surface area contributed by atoms with Gasteiger partial charge in [0.25, 0.3) is 0 Å². The summed E-state index contributed by atoms with van der Waals surface area (Å²) in [6.07, 6.45) is 3.10. The minimum atomic E-state index is -0.283. The van der Waals surface area contributed by atoms with Gasteiger partial charge in [-0.3, -0.25) is 4.79 Å². The minimum Gasteiger partial charge on any atom is -0.494 e. The van der Waals surface area contributed by atoms with Gasteiger partial charge in [0.2, 0.25) is 5.91 Å². The number of benzene rings is 1. The van der Waals surface area contributed by atoms with Crippen LogP contribution in [-0.2, 0) is 4.79 Å². The number of carbonyl (C=O) groups is 1. The maximum absolute atomic E-state index is 12.7. The number of hydrogen-bond donors (Lipinski definition) is 1. The number of nitrogens with two attached hydrogens (primary N) is 1. The van der Waals surface area contributed by atoms with E-state index in [0.29, 0.717) is 31.7 Å². The fourth-order valence-corrected chi connectivity index (χ4v) is 2.34. The molecule has 1 heterocycles. The number of amides is 1. The molecule has 0 aromatic heterocycles. The zero-order valence-electron chi connectivity index (χ0n) is 11.6. The predicted molar refractivity (Wildman–Crippen MR) is 74.9 cm³/mol. The number of hydrogen-bond acceptors (Lipinski definition) is 3. The van der Waals surface area contributed by atoms with Crippen molar-refractivity contribution in [1.82, 2.24) is 4.90 Å². The van der Waals surface area contributed by atoms with Gasteiger partial charge >= 0.3 is 0 Å². The Balaban J connectivity index is 1.65. The number of ether oxygens (including phenoxy) is 1. The fourth-order valence-electron chi connectivity index (χ4n) is 2.34. The van der Waals surface area contributed by atoms with E-state index >= 15 is 0 Å². The molecule has 0 saturated carbocycles. The van der Waals surface area contributed by atoms with Crippen LogP contribution in [0, 0.1) is 5.82 Å². The lowest BCUT2D eigenvalue weighted by molar-refractivity contribution is -0.132. The van der Waals surface area contributed by atoms with Gasteiger partial charge in [-0.15, -0.1) is 0 Å². The molecule has 1 aliphatic heterocycles. The van der Waals surface area contributed by atoms with Crippen LogP contribution in [0.5, 0.6) is 5.75 Å². The van der Waals surface area contributed by atoms with Crippen LogP contribution in [0.2, 0.25) is 0 Å². The van der Waals surface area contributed by atoms with Crippen LogP contribution in [0.25, 0.3) is 0 Å². The van der Waals surface area contributed by atoms with E-state index in [1.54, 1.807) is 12.1 Å². The summed E-state index contributed by atoms with van der Waals surface area (Å²) in [4.78, 5) is 13.8. The topological polar surface area (TPSA) is 55.6 Å². The summed E-state index contributed by atoms with van der Waals surface area (Å²) in [5.74, 6) is 0.482. The van der Waals surface area contributed by atoms with Gasteiger partial charge in [-0.2, -0.15) is 0 Å². The first-order valence-electron chi connectivity index (χ1n) is 7.07. The van der Waals surface area contributed by atoms with Crippen LogP contribution >= 0.6 is 0 Å². The Kier molecular flexibility index (Phi) is 5.35. The van der Waals surface area contributed by atoms with Crippen LogP contribution in [0.15, 0.2) is 24.3 Å². The molecule has 1 aromatic carbocycles. The average Bonchev–Trinajstić information content (AvgIpc) is 2.45. The normalized spacial score (nSPS) is 18.9. The number of carbonyl (C=O) groups excluding carboxylic acids is 1. The Morgan fingerprint density at radius 1 is 1.40 bits per heavy atom. The van der Waals surface area contributed by atoms with Gasteiger partial charge in [-0.1, -0.05) is 0 Å². The van der Waals surface area contributed by atoms with Gasteiger partial charge < -0.3 is 15.4 Å². The van der Waals surface area contributed by atoms with Crippen LogP contribution in [0.4, 0.5) is 4.39 Å². The minimum absolute atomic E-state index is 0.114. The van der Waals surface area contributed by atoms with Gasteiger partial charge in [0.05, 0.1) is 6.61 Å². The van der Waals surface area contributed by atoms with Crippen molar-refractivity contribution in [2.24, 2.45) is 5.73 Å². The molecule has 2 N–H and O–H groups in total. The lowest BCUT2D eigenvalue weighted by atomic mass is 10.1. The van der Waals surface area contributed by atoms with E-state index in [-0.39, 0.29) is 17.8 Å². The van der Waals surface area contributed by atoms with E-state index in [1.807, 2.05) is 4.90 Å². The number of piperidine rings is 1. The van der Waals surface area contributed by atoms with Crippen LogP contribution < -0.4 is 10.5 Å². The van der Waals surface area contributed by atoms with Gasteiger partial charge in [0.1, 0.15) is 11.6 Å². The third-order valence-corrected chi connectivity index (χ3v) is 3.43. The molecular weight excluding hydrogens is 259 g/mol. The van der Waals surface area contributed by atoms with Gasteiger partial charge in [-0.05, 0) is 43.5 Å². The predicted octanol–water partition coefficient (Wildman–Crippen LogP) is 1.93. The molecule has 1 fully saturated rings. The smallest absolute Gasteiger partial charge is 0.222 e. The first-order valence-corrected chi connectivity index (χ1v) is 7.07. The van der Waals surface area contributed by atoms with Crippen molar-refractivity contribution in [3.05, 3.63) is 30.1 Å². The molecule has 0 bridgehead atoms. The van der Waals surface area contributed by atoms with E-state index in [9.17, 15) is 9.18 Å². The molecular formula is C15H21FN2O2. The third-order valence-electron chi connectivity index (χ3n) is 3.43. The Morgan fingerprint density at radius 2 is 2.15 bits per heavy atom. The van der Waals surface area contributed by atoms with Crippen LogP contribution in [-0.4, -0.2) is 36.5 Å². The molecule has 20 heavy (non-hydrogen) atoms. The number of halogens is 1. The number of likely N-dealkylation sites (tertiary alicyclic amines) is 1. The lowest BCUT2D eigenvalue weighted by Gasteiger charge is -2.30. The summed E-state index contributed by atoms with van der Waals surface area (Å²) in [7, 11) is 0. The molecule has 0 radical (unpaired) electrons. The van der Waals surface area contributed by atoms with Crippen LogP contribution in [0.1, 0.15) is 25.7 Å². The van der Waals surface area contributed by atoms with E-state index in [4.69, 9.17) is 10.5 Å². The van der Waals surface area contributed by atoms with E-state index < -0.39 is 0 Å². The van der Waals surface area contributed by atoms with Crippen molar-refractivity contribution in [3.63, 3.8) is 0 Å². The van der Waals surface area contributed by atoms with Crippen molar-refractivity contribution in [2.45, 2.75) is 31.7 Å². The second kappa shape index (κ2) is 7.24. The molecule has 1 aromatic rings. The Hall–Kier alpha value is -1.62. The summed E-state index contributed by atoms with van der Waals surface area (Å²) < 4.78 is 18.2. The second-order valence-electron chi connectivity index (χ2n) is 5.15. The number of rotatable bonds is 5. The molecule has 1 unspecified atom stereocenters. The highest BCUT2D eigenvalue weighted by Crippen LogP contribution is 2.13. The van der Waals surface area contributed by atoms with E-state index in [1.165, 1.54) is 12.1 Å². The summed E-state index contributed by atoms with van der Waals surface area (Å²) >= 11 is 0. The molecule has 1 saturated heterocycles. The molecule has 0 aliphatic carbocycles. The van der Waals surface area contributed by atoms with Gasteiger partial charge in [0.15, 0.2) is 0 Å². The maximum Gasteiger partial charge on any atom is 0.222 e. The van der Waals surface area contributed by atoms with Gasteiger partial charge in [-0.25, -0.2) is 4.39 Å². The summed E-state index contributed by atoms with van der Waals surface area (Å²) in [5.41, 5.74) is 5.86. The molecule has 0 spiro atoms. The molecule has 1 amide bonds. The highest BCUT2D eigenvalue weighted by molar-refractivity contribution is 5.76. The van der Waals surface area contributed by atoms with Crippen molar-refractivity contribution in [1.29, 1.82) is 0 Å². The number of nitrogens with zero attached hydrogens (tertiary/aromatic N) is 1. The Labute approximate surface area is 118 Å². The first-order chi connectivity index (χ1) is 9.65. The largest absolute Gasteiger partial charge is 0.494 e. The third kappa shape index (κ3) is 4.49. The van der Waals surface area contributed by atoms with Crippen LogP contribution in [0.3, 0.4) is 0 Å². The monoisotopic (exact) mass is 280 g/mol. The van der Waals surface area contributed by atoms with Crippen molar-refractivity contribution in [3.8, 4) is 5.75 Å². The molecule has 5 heteroatoms. The quantitative estimate of drug-likeness (QED) is 0.839. The zero-order chi connectivity index (χ0) is 14.4. The molecule has 1 aliphatic rings. The Bertz CT molecular complexity index is 436. The molecule has 2 rings (SSSR count). The molecule has 110 valence electrons. The zero-order valence-corrected chi connectivity index (χ0v) is 11.6. The van der Waals surface area contributed by atoms with Gasteiger partial charge in [0, 0.05) is 25.6 Å². The highest BCUT2D eigenvalue weighted by Gasteiger charge is 2.20. The van der Waals surface area contributed by atoms with E-state index in [2.05, 4.69) is 0 Å². The Morgan fingerprint density at radius 3 is 2.85 bits per heavy atom. The lowest BCUT2D eigenvalue weighted by Crippen LogP contribution is -2.45. The molecule has 1 atom stereocenters. The SMILES string of the molecule is NC1CCCN(C(=O)CCCOc2ccc(F)cc2)C1. The van der Waals surface area contributed by atoms with Crippen molar-refractivity contribution in [2.75, 3.05) is 19.7 Å². The fraction of sp³-hybridized carbons (Fsp3) is 0.533. The summed E-state index contributed by atoms with van der Waals surface area (Å²) in [5, 5.41) is 0. The summed E-state index contributed by atoms with van der Waals surface area (Å²) in [6.45, 7) is 1.93. The maximum atomic E-state index is 12.7. The van der Waals surface area contributed by atoms with Crippen molar-refractivity contribution < 1.29 is 13.9 Å². The standard InChI is InChI=1S/C15H21FN2O2/c16-12-5-7-14(8-6-12)20-10-2-4-15(19)18-9-1-3-13(17)11-18/h5-8,13H,1-4,9-11,17H2. The first kappa shape index (κ1) is 14.8. The van der Waals surface area contributed by atoms with Crippen molar-refractivity contribution >= 4 is 5.91 Å². The average molecular weight is 280 g/mol.